The molecule has 0 spiro atoms. The van der Waals surface area contributed by atoms with Gasteiger partial charge in [-0.1, -0.05) is 23.2 Å². The van der Waals surface area contributed by atoms with Gasteiger partial charge in [0, 0.05) is 10.6 Å². The zero-order valence-corrected chi connectivity index (χ0v) is 13.4. The summed E-state index contributed by atoms with van der Waals surface area (Å²) in [5, 5.41) is 10.5. The summed E-state index contributed by atoms with van der Waals surface area (Å²) in [7, 11) is 0. The molecular formula is C14H16Cl2FNO3. The van der Waals surface area contributed by atoms with E-state index in [1.165, 1.54) is 17.0 Å². The highest BCUT2D eigenvalue weighted by Gasteiger charge is 2.48. The van der Waals surface area contributed by atoms with Crippen LogP contribution in [0.1, 0.15) is 26.3 Å². The van der Waals surface area contributed by atoms with Gasteiger partial charge >= 0.3 is 6.09 Å². The first-order valence-electron chi connectivity index (χ1n) is 6.37. The molecule has 0 aromatic heterocycles. The van der Waals surface area contributed by atoms with E-state index in [0.29, 0.717) is 0 Å². The number of rotatable bonds is 1. The maximum Gasteiger partial charge on any atom is 0.410 e. The quantitative estimate of drug-likeness (QED) is 0.798. The number of nitrogens with zero attached hydrogens (tertiary/aromatic N) is 1. The number of halogens is 3. The van der Waals surface area contributed by atoms with Crippen LogP contribution in [0.2, 0.25) is 10.0 Å². The van der Waals surface area contributed by atoms with E-state index >= 15 is 0 Å². The largest absolute Gasteiger partial charge is 0.444 e. The van der Waals surface area contributed by atoms with E-state index in [1.807, 2.05) is 0 Å². The molecule has 1 aromatic rings. The normalized spacial score (nSPS) is 17.4. The molecule has 1 aromatic carbocycles. The maximum atomic E-state index is 14.0. The molecule has 0 bridgehead atoms. The van der Waals surface area contributed by atoms with Gasteiger partial charge in [-0.15, -0.1) is 0 Å². The van der Waals surface area contributed by atoms with Crippen molar-refractivity contribution in [2.24, 2.45) is 0 Å². The second-order valence-corrected chi connectivity index (χ2v) is 6.96. The number of ether oxygens (including phenoxy) is 1. The first-order chi connectivity index (χ1) is 9.52. The van der Waals surface area contributed by atoms with Gasteiger partial charge in [-0.3, -0.25) is 0 Å². The lowest BCUT2D eigenvalue weighted by Gasteiger charge is -2.46. The fourth-order valence-electron chi connectivity index (χ4n) is 2.11. The lowest BCUT2D eigenvalue weighted by molar-refractivity contribution is -0.105. The standard InChI is InChI=1S/C14H16Cl2FNO3/c1-13(2,3)21-12(19)18-6-14(20,7-18)9-4-8(15)5-10(16)11(9)17/h4-5,20H,6-7H2,1-3H3. The van der Waals surface area contributed by atoms with Crippen LogP contribution in [-0.4, -0.2) is 34.8 Å². The minimum absolute atomic E-state index is 0.0141. The van der Waals surface area contributed by atoms with Gasteiger partial charge < -0.3 is 14.7 Å². The molecule has 0 saturated carbocycles. The van der Waals surface area contributed by atoms with Gasteiger partial charge in [0.05, 0.1) is 18.1 Å². The number of aliphatic hydroxyl groups is 1. The minimum atomic E-state index is -1.50. The SMILES string of the molecule is CC(C)(C)OC(=O)N1CC(O)(c2cc(Cl)cc(Cl)c2F)C1. The lowest BCUT2D eigenvalue weighted by Crippen LogP contribution is -2.62. The smallest absolute Gasteiger partial charge is 0.410 e. The Morgan fingerprint density at radius 3 is 2.48 bits per heavy atom. The van der Waals surface area contributed by atoms with Gasteiger partial charge in [-0.25, -0.2) is 9.18 Å². The molecule has 21 heavy (non-hydrogen) atoms. The summed E-state index contributed by atoms with van der Waals surface area (Å²) < 4.78 is 19.2. The third kappa shape index (κ3) is 3.42. The van der Waals surface area contributed by atoms with E-state index in [1.54, 1.807) is 20.8 Å². The molecule has 1 fully saturated rings. The third-order valence-electron chi connectivity index (χ3n) is 3.05. The first-order valence-corrected chi connectivity index (χ1v) is 7.13. The fraction of sp³-hybridized carbons (Fsp3) is 0.500. The predicted octanol–water partition coefficient (Wildman–Crippen LogP) is 3.57. The number of carbonyl (C=O) groups excluding carboxylic acids is 1. The summed E-state index contributed by atoms with van der Waals surface area (Å²) in [6.45, 7) is 5.08. The van der Waals surface area contributed by atoms with Crippen molar-refractivity contribution >= 4 is 29.3 Å². The molecule has 7 heteroatoms. The van der Waals surface area contributed by atoms with Crippen LogP contribution >= 0.6 is 23.2 Å². The minimum Gasteiger partial charge on any atom is -0.444 e. The molecule has 2 rings (SSSR count). The summed E-state index contributed by atoms with van der Waals surface area (Å²) >= 11 is 11.5. The number of likely N-dealkylation sites (tertiary alicyclic amines) is 1. The molecule has 0 unspecified atom stereocenters. The molecular weight excluding hydrogens is 320 g/mol. The van der Waals surface area contributed by atoms with Crippen molar-refractivity contribution in [2.45, 2.75) is 32.0 Å². The lowest BCUT2D eigenvalue weighted by atomic mass is 9.86. The van der Waals surface area contributed by atoms with Gasteiger partial charge in [-0.2, -0.15) is 0 Å². The van der Waals surface area contributed by atoms with Crippen LogP contribution in [0.25, 0.3) is 0 Å². The number of carbonyl (C=O) groups is 1. The van der Waals surface area contributed by atoms with E-state index in [9.17, 15) is 14.3 Å². The van der Waals surface area contributed by atoms with Crippen molar-refractivity contribution in [3.63, 3.8) is 0 Å². The highest BCUT2D eigenvalue weighted by Crippen LogP contribution is 2.37. The Balaban J connectivity index is 2.13. The highest BCUT2D eigenvalue weighted by molar-refractivity contribution is 6.34. The summed E-state index contributed by atoms with van der Waals surface area (Å²) in [5.41, 5.74) is -2.15. The summed E-state index contributed by atoms with van der Waals surface area (Å²) in [4.78, 5) is 13.1. The Bertz CT molecular complexity index is 580. The van der Waals surface area contributed by atoms with E-state index < -0.39 is 23.1 Å². The Hall–Kier alpha value is -1.04. The second-order valence-electron chi connectivity index (χ2n) is 6.12. The summed E-state index contributed by atoms with van der Waals surface area (Å²) in [6, 6.07) is 2.57. The number of β-amino-alcohol motifs (C(OH)–C–C–N with tert-alkyl or cyclic N) is 1. The van der Waals surface area contributed by atoms with E-state index in [2.05, 4.69) is 0 Å². The Kier molecular flexibility index (Phi) is 4.12. The molecule has 0 aliphatic carbocycles. The molecule has 1 aliphatic heterocycles. The number of amides is 1. The van der Waals surface area contributed by atoms with Crippen LogP contribution in [0.4, 0.5) is 9.18 Å². The van der Waals surface area contributed by atoms with Crippen LogP contribution in [0.3, 0.4) is 0 Å². The molecule has 1 aliphatic rings. The zero-order valence-electron chi connectivity index (χ0n) is 11.9. The van der Waals surface area contributed by atoms with Gasteiger partial charge in [0.1, 0.15) is 17.0 Å². The molecule has 1 amide bonds. The van der Waals surface area contributed by atoms with Gasteiger partial charge in [0.15, 0.2) is 0 Å². The second kappa shape index (κ2) is 5.30. The van der Waals surface area contributed by atoms with Crippen molar-refractivity contribution in [3.8, 4) is 0 Å². The van der Waals surface area contributed by atoms with Crippen LogP contribution in [0, 0.1) is 5.82 Å². The first kappa shape index (κ1) is 16.3. The zero-order chi connectivity index (χ0) is 16.0. The van der Waals surface area contributed by atoms with Gasteiger partial charge in [-0.05, 0) is 32.9 Å². The van der Waals surface area contributed by atoms with Crippen molar-refractivity contribution < 1.29 is 19.0 Å². The number of hydrogen-bond donors (Lipinski definition) is 1. The van der Waals surface area contributed by atoms with Crippen LogP contribution in [0.15, 0.2) is 12.1 Å². The highest BCUT2D eigenvalue weighted by atomic mass is 35.5. The van der Waals surface area contributed by atoms with Gasteiger partial charge in [0.2, 0.25) is 0 Å². The molecule has 4 nitrogen and oxygen atoms in total. The van der Waals surface area contributed by atoms with Crippen molar-refractivity contribution in [2.75, 3.05) is 13.1 Å². The molecule has 0 radical (unpaired) electrons. The van der Waals surface area contributed by atoms with Crippen LogP contribution in [-0.2, 0) is 10.3 Å². The van der Waals surface area contributed by atoms with Crippen molar-refractivity contribution in [1.29, 1.82) is 0 Å². The van der Waals surface area contributed by atoms with Crippen molar-refractivity contribution in [1.82, 2.24) is 4.90 Å². The van der Waals surface area contributed by atoms with Crippen LogP contribution in [0.5, 0.6) is 0 Å². The van der Waals surface area contributed by atoms with E-state index in [-0.39, 0.29) is 28.7 Å². The molecule has 1 heterocycles. The molecule has 0 atom stereocenters. The average Bonchev–Trinajstić information content (AvgIpc) is 2.27. The van der Waals surface area contributed by atoms with Gasteiger partial charge in [0.25, 0.3) is 0 Å². The Morgan fingerprint density at radius 2 is 1.95 bits per heavy atom. The Morgan fingerprint density at radius 1 is 1.38 bits per heavy atom. The fourth-order valence-corrected chi connectivity index (χ4v) is 2.60. The Labute approximate surface area is 132 Å². The van der Waals surface area contributed by atoms with Crippen molar-refractivity contribution in [3.05, 3.63) is 33.6 Å². The average molecular weight is 336 g/mol. The predicted molar refractivity (Wildman–Crippen MR) is 78.1 cm³/mol. The topological polar surface area (TPSA) is 49.8 Å². The number of hydrogen-bond acceptors (Lipinski definition) is 3. The maximum absolute atomic E-state index is 14.0. The van der Waals surface area contributed by atoms with E-state index in [4.69, 9.17) is 27.9 Å². The third-order valence-corrected chi connectivity index (χ3v) is 3.54. The van der Waals surface area contributed by atoms with Crippen LogP contribution < -0.4 is 0 Å². The molecule has 1 N–H and O–H groups in total. The number of benzene rings is 1. The molecule has 116 valence electrons. The van der Waals surface area contributed by atoms with E-state index in [0.717, 1.165) is 0 Å². The summed E-state index contributed by atoms with van der Waals surface area (Å²) in [6.07, 6.45) is -0.555. The monoisotopic (exact) mass is 335 g/mol. The summed E-state index contributed by atoms with van der Waals surface area (Å²) in [5.74, 6) is -0.729. The molecule has 1 saturated heterocycles.